The summed E-state index contributed by atoms with van der Waals surface area (Å²) in [5, 5.41) is 5.04. The molecule has 0 saturated heterocycles. The second kappa shape index (κ2) is 7.37. The molecule has 0 unspecified atom stereocenters. The molecule has 0 amide bonds. The summed E-state index contributed by atoms with van der Waals surface area (Å²) >= 11 is 12.0. The van der Waals surface area contributed by atoms with Crippen molar-refractivity contribution in [3.05, 3.63) is 33.8 Å². The summed E-state index contributed by atoms with van der Waals surface area (Å²) in [7, 11) is 0. The van der Waals surface area contributed by atoms with Gasteiger partial charge < -0.3 is 5.32 Å². The highest BCUT2D eigenvalue weighted by Crippen LogP contribution is 2.23. The minimum atomic E-state index is 0.707. The SMILES string of the molecule is Clc1ccc(CCNCC2CCCCC2)c(Cl)c1. The van der Waals surface area contributed by atoms with Gasteiger partial charge in [0.15, 0.2) is 0 Å². The third kappa shape index (κ3) is 4.46. The quantitative estimate of drug-likeness (QED) is 0.773. The smallest absolute Gasteiger partial charge is 0.0453 e. The van der Waals surface area contributed by atoms with Gasteiger partial charge in [0.1, 0.15) is 0 Å². The Kier molecular flexibility index (Phi) is 5.81. The van der Waals surface area contributed by atoms with Gasteiger partial charge in [-0.05, 0) is 56.0 Å². The van der Waals surface area contributed by atoms with E-state index in [2.05, 4.69) is 5.32 Å². The van der Waals surface area contributed by atoms with E-state index in [1.54, 1.807) is 0 Å². The highest BCUT2D eigenvalue weighted by molar-refractivity contribution is 6.35. The fourth-order valence-electron chi connectivity index (χ4n) is 2.64. The Balaban J connectivity index is 1.68. The van der Waals surface area contributed by atoms with Crippen LogP contribution in [0.25, 0.3) is 0 Å². The Morgan fingerprint density at radius 1 is 1.11 bits per heavy atom. The summed E-state index contributed by atoms with van der Waals surface area (Å²) in [5.41, 5.74) is 1.18. The van der Waals surface area contributed by atoms with Gasteiger partial charge in [-0.25, -0.2) is 0 Å². The molecule has 1 saturated carbocycles. The van der Waals surface area contributed by atoms with Crippen molar-refractivity contribution in [3.8, 4) is 0 Å². The van der Waals surface area contributed by atoms with Crippen molar-refractivity contribution in [1.82, 2.24) is 5.32 Å². The minimum Gasteiger partial charge on any atom is -0.316 e. The standard InChI is InChI=1S/C15H21Cl2N/c16-14-7-6-13(15(17)10-14)8-9-18-11-12-4-2-1-3-5-12/h6-7,10,12,18H,1-5,8-9,11H2. The van der Waals surface area contributed by atoms with Crippen molar-refractivity contribution >= 4 is 23.2 Å². The van der Waals surface area contributed by atoms with Crippen molar-refractivity contribution in [2.75, 3.05) is 13.1 Å². The van der Waals surface area contributed by atoms with Gasteiger partial charge in [-0.1, -0.05) is 48.5 Å². The number of rotatable bonds is 5. The molecule has 0 aromatic heterocycles. The van der Waals surface area contributed by atoms with Crippen LogP contribution in [0, 0.1) is 5.92 Å². The van der Waals surface area contributed by atoms with E-state index >= 15 is 0 Å². The maximum atomic E-state index is 6.14. The molecular formula is C15H21Cl2N. The zero-order valence-corrected chi connectivity index (χ0v) is 12.2. The van der Waals surface area contributed by atoms with Gasteiger partial charge >= 0.3 is 0 Å². The lowest BCUT2D eigenvalue weighted by molar-refractivity contribution is 0.343. The zero-order valence-electron chi connectivity index (χ0n) is 10.7. The van der Waals surface area contributed by atoms with E-state index in [4.69, 9.17) is 23.2 Å². The Morgan fingerprint density at radius 2 is 1.89 bits per heavy atom. The Bertz CT molecular complexity index is 373. The molecule has 1 nitrogen and oxygen atoms in total. The molecule has 0 radical (unpaired) electrons. The topological polar surface area (TPSA) is 12.0 Å². The van der Waals surface area contributed by atoms with Crippen LogP contribution in [0.5, 0.6) is 0 Å². The summed E-state index contributed by atoms with van der Waals surface area (Å²) in [6.45, 7) is 2.16. The van der Waals surface area contributed by atoms with Crippen molar-refractivity contribution in [2.24, 2.45) is 5.92 Å². The molecule has 3 heteroatoms. The zero-order chi connectivity index (χ0) is 12.8. The van der Waals surface area contributed by atoms with Crippen LogP contribution in [-0.4, -0.2) is 13.1 Å². The molecule has 2 rings (SSSR count). The van der Waals surface area contributed by atoms with Gasteiger partial charge in [0.2, 0.25) is 0 Å². The van der Waals surface area contributed by atoms with Crippen molar-refractivity contribution in [1.29, 1.82) is 0 Å². The predicted octanol–water partition coefficient (Wildman–Crippen LogP) is 4.71. The number of hydrogen-bond acceptors (Lipinski definition) is 1. The molecule has 1 aromatic carbocycles. The van der Waals surface area contributed by atoms with Crippen LogP contribution in [0.2, 0.25) is 10.0 Å². The molecule has 0 spiro atoms. The number of hydrogen-bond donors (Lipinski definition) is 1. The Labute approximate surface area is 120 Å². The van der Waals surface area contributed by atoms with Crippen molar-refractivity contribution in [2.45, 2.75) is 38.5 Å². The summed E-state index contributed by atoms with van der Waals surface area (Å²) in [5.74, 6) is 0.888. The van der Waals surface area contributed by atoms with Crippen LogP contribution in [-0.2, 0) is 6.42 Å². The van der Waals surface area contributed by atoms with Crippen LogP contribution < -0.4 is 5.32 Å². The molecule has 0 aliphatic heterocycles. The minimum absolute atomic E-state index is 0.707. The first-order valence-electron chi connectivity index (χ1n) is 6.90. The van der Waals surface area contributed by atoms with E-state index in [0.717, 1.165) is 30.5 Å². The summed E-state index contributed by atoms with van der Waals surface area (Å²) in [6.07, 6.45) is 8.02. The first-order chi connectivity index (χ1) is 8.75. The van der Waals surface area contributed by atoms with E-state index in [0.29, 0.717) is 5.02 Å². The summed E-state index contributed by atoms with van der Waals surface area (Å²) in [6, 6.07) is 5.75. The molecule has 1 N–H and O–H groups in total. The van der Waals surface area contributed by atoms with Gasteiger partial charge in [-0.3, -0.25) is 0 Å². The number of benzene rings is 1. The number of nitrogens with one attached hydrogen (secondary N) is 1. The lowest BCUT2D eigenvalue weighted by Gasteiger charge is -2.21. The average molecular weight is 286 g/mol. The van der Waals surface area contributed by atoms with E-state index in [1.165, 1.54) is 37.7 Å². The Morgan fingerprint density at radius 3 is 2.61 bits per heavy atom. The molecule has 0 heterocycles. The van der Waals surface area contributed by atoms with Gasteiger partial charge in [0, 0.05) is 10.0 Å². The van der Waals surface area contributed by atoms with Crippen molar-refractivity contribution < 1.29 is 0 Å². The lowest BCUT2D eigenvalue weighted by Crippen LogP contribution is -2.26. The highest BCUT2D eigenvalue weighted by Gasteiger charge is 2.12. The molecule has 1 aromatic rings. The monoisotopic (exact) mass is 285 g/mol. The molecule has 0 bridgehead atoms. The van der Waals surface area contributed by atoms with E-state index in [-0.39, 0.29) is 0 Å². The maximum Gasteiger partial charge on any atom is 0.0453 e. The van der Waals surface area contributed by atoms with Crippen LogP contribution in [0.15, 0.2) is 18.2 Å². The normalized spacial score (nSPS) is 17.0. The lowest BCUT2D eigenvalue weighted by atomic mass is 9.89. The Hall–Kier alpha value is -0.240. The first-order valence-corrected chi connectivity index (χ1v) is 7.66. The second-order valence-electron chi connectivity index (χ2n) is 5.19. The molecule has 1 fully saturated rings. The van der Waals surface area contributed by atoms with Crippen LogP contribution >= 0.6 is 23.2 Å². The third-order valence-electron chi connectivity index (χ3n) is 3.74. The maximum absolute atomic E-state index is 6.14. The molecule has 100 valence electrons. The highest BCUT2D eigenvalue weighted by atomic mass is 35.5. The van der Waals surface area contributed by atoms with Gasteiger partial charge in [-0.15, -0.1) is 0 Å². The van der Waals surface area contributed by atoms with E-state index < -0.39 is 0 Å². The van der Waals surface area contributed by atoms with Crippen LogP contribution in [0.3, 0.4) is 0 Å². The van der Waals surface area contributed by atoms with E-state index in [1.807, 2.05) is 18.2 Å². The summed E-state index contributed by atoms with van der Waals surface area (Å²) in [4.78, 5) is 0. The van der Waals surface area contributed by atoms with Crippen LogP contribution in [0.1, 0.15) is 37.7 Å². The molecule has 1 aliphatic carbocycles. The fourth-order valence-corrected chi connectivity index (χ4v) is 3.15. The van der Waals surface area contributed by atoms with Gasteiger partial charge in [0.25, 0.3) is 0 Å². The van der Waals surface area contributed by atoms with Crippen LogP contribution in [0.4, 0.5) is 0 Å². The molecular weight excluding hydrogens is 265 g/mol. The molecule has 1 aliphatic rings. The molecule has 0 atom stereocenters. The second-order valence-corrected chi connectivity index (χ2v) is 6.04. The van der Waals surface area contributed by atoms with Crippen molar-refractivity contribution in [3.63, 3.8) is 0 Å². The fraction of sp³-hybridized carbons (Fsp3) is 0.600. The third-order valence-corrected chi connectivity index (χ3v) is 4.33. The van der Waals surface area contributed by atoms with Gasteiger partial charge in [0.05, 0.1) is 0 Å². The van der Waals surface area contributed by atoms with E-state index in [9.17, 15) is 0 Å². The number of halogens is 2. The molecule has 18 heavy (non-hydrogen) atoms. The largest absolute Gasteiger partial charge is 0.316 e. The van der Waals surface area contributed by atoms with Gasteiger partial charge in [-0.2, -0.15) is 0 Å². The summed E-state index contributed by atoms with van der Waals surface area (Å²) < 4.78 is 0. The average Bonchev–Trinajstić information content (AvgIpc) is 2.38. The predicted molar refractivity (Wildman–Crippen MR) is 79.6 cm³/mol. The first kappa shape index (κ1) is 14.2.